The zero-order valence-corrected chi connectivity index (χ0v) is 15.6. The Bertz CT molecular complexity index is 1130. The average molecular weight is 380 g/mol. The maximum atomic E-state index is 12.5. The number of para-hydroxylation sites is 1. The molecule has 0 amide bonds. The molecule has 0 saturated heterocycles. The van der Waals surface area contributed by atoms with Gasteiger partial charge in [-0.05, 0) is 42.8 Å². The first-order chi connectivity index (χ1) is 13.2. The summed E-state index contributed by atoms with van der Waals surface area (Å²) in [6.45, 7) is 2.56. The number of pyridine rings is 1. The lowest BCUT2D eigenvalue weighted by atomic mass is 10.1. The second-order valence-corrected chi connectivity index (χ2v) is 6.59. The van der Waals surface area contributed by atoms with Gasteiger partial charge in [-0.2, -0.15) is 0 Å². The molecule has 27 heavy (non-hydrogen) atoms. The lowest BCUT2D eigenvalue weighted by molar-refractivity contribution is 0.0531. The Morgan fingerprint density at radius 1 is 1.04 bits per heavy atom. The monoisotopic (exact) mass is 379 g/mol. The number of aromatic nitrogens is 1. The largest absolute Gasteiger partial charge is 0.487 e. The van der Waals surface area contributed by atoms with Crippen LogP contribution in [0, 0.1) is 0 Å². The molecule has 2 aromatic carbocycles. The van der Waals surface area contributed by atoms with Crippen LogP contribution in [0.3, 0.4) is 0 Å². The zero-order valence-electron chi connectivity index (χ0n) is 14.8. The summed E-state index contributed by atoms with van der Waals surface area (Å²) in [4.78, 5) is 12.5. The summed E-state index contributed by atoms with van der Waals surface area (Å²) in [5.74, 6) is 0.391. The number of benzene rings is 2. The molecule has 0 aliphatic rings. The van der Waals surface area contributed by atoms with E-state index < -0.39 is 0 Å². The number of ether oxygens (including phenoxy) is 2. The van der Waals surface area contributed by atoms with E-state index in [4.69, 9.17) is 21.1 Å². The molecule has 0 N–H and O–H groups in total. The molecule has 0 saturated carbocycles. The minimum absolute atomic E-state index is 0.316. The Kier molecular flexibility index (Phi) is 4.73. The number of fused-ring (bicyclic) bond motifs is 3. The molecule has 5 heteroatoms. The van der Waals surface area contributed by atoms with E-state index in [0.29, 0.717) is 29.5 Å². The van der Waals surface area contributed by atoms with Gasteiger partial charge in [0.15, 0.2) is 0 Å². The van der Waals surface area contributed by atoms with Crippen LogP contribution in [0.15, 0.2) is 66.9 Å². The third kappa shape index (κ3) is 3.36. The lowest BCUT2D eigenvalue weighted by Gasteiger charge is -2.08. The Hall–Kier alpha value is -2.98. The quantitative estimate of drug-likeness (QED) is 0.430. The van der Waals surface area contributed by atoms with E-state index in [1.54, 1.807) is 6.92 Å². The predicted molar refractivity (Wildman–Crippen MR) is 107 cm³/mol. The second kappa shape index (κ2) is 7.33. The van der Waals surface area contributed by atoms with Gasteiger partial charge in [0.1, 0.15) is 12.4 Å². The van der Waals surface area contributed by atoms with Crippen molar-refractivity contribution < 1.29 is 14.3 Å². The molecule has 2 heterocycles. The minimum Gasteiger partial charge on any atom is -0.487 e. The highest BCUT2D eigenvalue weighted by atomic mass is 35.5. The van der Waals surface area contributed by atoms with Crippen molar-refractivity contribution in [3.63, 3.8) is 0 Å². The molecule has 0 unspecified atom stereocenters. The van der Waals surface area contributed by atoms with Crippen LogP contribution in [-0.2, 0) is 11.3 Å². The van der Waals surface area contributed by atoms with Crippen molar-refractivity contribution in [1.82, 2.24) is 4.40 Å². The van der Waals surface area contributed by atoms with E-state index in [1.165, 1.54) is 0 Å². The van der Waals surface area contributed by atoms with Gasteiger partial charge in [0, 0.05) is 10.4 Å². The highest BCUT2D eigenvalue weighted by Gasteiger charge is 2.19. The van der Waals surface area contributed by atoms with Gasteiger partial charge in [-0.25, -0.2) is 4.79 Å². The minimum atomic E-state index is -0.316. The Morgan fingerprint density at radius 3 is 2.70 bits per heavy atom. The van der Waals surface area contributed by atoms with Gasteiger partial charge in [0.05, 0.1) is 29.4 Å². The van der Waals surface area contributed by atoms with E-state index in [1.807, 2.05) is 71.3 Å². The highest BCUT2D eigenvalue weighted by molar-refractivity contribution is 6.30. The number of nitrogens with zero attached hydrogens (tertiary/aromatic N) is 1. The molecule has 0 bridgehead atoms. The highest BCUT2D eigenvalue weighted by Crippen LogP contribution is 2.29. The first-order valence-electron chi connectivity index (χ1n) is 8.74. The number of carbonyl (C=O) groups is 1. The van der Waals surface area contributed by atoms with Crippen molar-refractivity contribution >= 4 is 34.0 Å². The maximum Gasteiger partial charge on any atom is 0.340 e. The van der Waals surface area contributed by atoms with E-state index in [2.05, 4.69) is 0 Å². The van der Waals surface area contributed by atoms with Gasteiger partial charge < -0.3 is 13.9 Å². The normalized spacial score (nSPS) is 11.0. The van der Waals surface area contributed by atoms with Crippen LogP contribution < -0.4 is 4.74 Å². The van der Waals surface area contributed by atoms with E-state index in [-0.39, 0.29) is 5.97 Å². The van der Waals surface area contributed by atoms with Crippen LogP contribution in [0.2, 0.25) is 5.02 Å². The van der Waals surface area contributed by atoms with Gasteiger partial charge in [-0.1, -0.05) is 41.9 Å². The molecule has 136 valence electrons. The Labute approximate surface area is 161 Å². The Balaban J connectivity index is 1.74. The smallest absolute Gasteiger partial charge is 0.340 e. The lowest BCUT2D eigenvalue weighted by Crippen LogP contribution is -2.04. The predicted octanol–water partition coefficient (Wildman–Crippen LogP) is 5.50. The van der Waals surface area contributed by atoms with Crippen LogP contribution >= 0.6 is 11.6 Å². The van der Waals surface area contributed by atoms with Crippen LogP contribution in [0.5, 0.6) is 5.75 Å². The topological polar surface area (TPSA) is 39.9 Å². The molecule has 0 aliphatic heterocycles. The Morgan fingerprint density at radius 2 is 1.89 bits per heavy atom. The van der Waals surface area contributed by atoms with Crippen molar-refractivity contribution in [2.24, 2.45) is 0 Å². The molecular formula is C22H18ClNO3. The number of rotatable bonds is 5. The molecule has 0 radical (unpaired) electrons. The van der Waals surface area contributed by atoms with Crippen molar-refractivity contribution in [2.45, 2.75) is 13.5 Å². The van der Waals surface area contributed by atoms with E-state index in [0.717, 1.165) is 22.0 Å². The summed E-state index contributed by atoms with van der Waals surface area (Å²) in [6.07, 6.45) is 1.89. The number of hydrogen-bond acceptors (Lipinski definition) is 3. The summed E-state index contributed by atoms with van der Waals surface area (Å²) in [5.41, 5.74) is 3.30. The van der Waals surface area contributed by atoms with E-state index in [9.17, 15) is 4.79 Å². The fourth-order valence-corrected chi connectivity index (χ4v) is 3.43. The second-order valence-electron chi connectivity index (χ2n) is 6.15. The van der Waals surface area contributed by atoms with Crippen molar-refractivity contribution in [3.8, 4) is 5.75 Å². The standard InChI is InChI=1S/C22H18ClNO3/c1-2-26-22(25)21-18-8-3-4-9-19(18)24-13-17(10-11-20(21)24)27-14-15-6-5-7-16(23)12-15/h3-13H,2,14H2,1H3. The third-order valence-corrected chi connectivity index (χ3v) is 4.62. The van der Waals surface area contributed by atoms with Crippen molar-refractivity contribution in [2.75, 3.05) is 6.61 Å². The van der Waals surface area contributed by atoms with Crippen molar-refractivity contribution in [1.29, 1.82) is 0 Å². The number of halogens is 1. The number of carbonyl (C=O) groups excluding carboxylic acids is 1. The molecule has 4 aromatic rings. The third-order valence-electron chi connectivity index (χ3n) is 4.38. The summed E-state index contributed by atoms with van der Waals surface area (Å²) >= 11 is 6.02. The number of esters is 1. The van der Waals surface area contributed by atoms with E-state index >= 15 is 0 Å². The summed E-state index contributed by atoms with van der Waals surface area (Å²) in [6, 6.07) is 19.1. The van der Waals surface area contributed by atoms with Crippen LogP contribution in [-0.4, -0.2) is 17.0 Å². The molecule has 0 fully saturated rings. The van der Waals surface area contributed by atoms with Gasteiger partial charge >= 0.3 is 5.97 Å². The molecule has 0 aliphatic carbocycles. The molecule has 2 aromatic heterocycles. The van der Waals surface area contributed by atoms with Gasteiger partial charge in [0.25, 0.3) is 0 Å². The van der Waals surface area contributed by atoms with Crippen LogP contribution in [0.1, 0.15) is 22.8 Å². The SMILES string of the molecule is CCOC(=O)c1c2ccccc2n2cc(OCc3cccc(Cl)c3)ccc12. The summed E-state index contributed by atoms with van der Waals surface area (Å²) in [5, 5.41) is 1.55. The molecule has 4 rings (SSSR count). The first-order valence-corrected chi connectivity index (χ1v) is 9.12. The number of hydrogen-bond donors (Lipinski definition) is 0. The average Bonchev–Trinajstić information content (AvgIpc) is 3.00. The fraction of sp³-hybridized carbons (Fsp3) is 0.136. The van der Waals surface area contributed by atoms with Crippen molar-refractivity contribution in [3.05, 3.63) is 83.0 Å². The molecule has 0 atom stereocenters. The van der Waals surface area contributed by atoms with Crippen LogP contribution in [0.25, 0.3) is 16.4 Å². The molecular weight excluding hydrogens is 362 g/mol. The summed E-state index contributed by atoms with van der Waals surface area (Å²) < 4.78 is 13.1. The van der Waals surface area contributed by atoms with Gasteiger partial charge in [-0.15, -0.1) is 0 Å². The fourth-order valence-electron chi connectivity index (χ4n) is 3.21. The zero-order chi connectivity index (χ0) is 18.8. The molecule has 0 spiro atoms. The maximum absolute atomic E-state index is 12.5. The summed E-state index contributed by atoms with van der Waals surface area (Å²) in [7, 11) is 0. The first kappa shape index (κ1) is 17.4. The van der Waals surface area contributed by atoms with Crippen LogP contribution in [0.4, 0.5) is 0 Å². The molecule has 4 nitrogen and oxygen atoms in total. The van der Waals surface area contributed by atoms with Gasteiger partial charge in [-0.3, -0.25) is 0 Å². The van der Waals surface area contributed by atoms with Gasteiger partial charge in [0.2, 0.25) is 0 Å².